The molecule has 37 heavy (non-hydrogen) atoms. The minimum atomic E-state index is -3.24. The number of rotatable bonds is 6. The van der Waals surface area contributed by atoms with E-state index < -0.39 is 23.5 Å². The van der Waals surface area contributed by atoms with Gasteiger partial charge in [-0.2, -0.15) is 0 Å². The number of aliphatic hydroxyl groups is 2. The number of pyridine rings is 1. The Bertz CT molecular complexity index is 1430. The highest BCUT2D eigenvalue weighted by molar-refractivity contribution is 6.33. The molecule has 1 aromatic carbocycles. The summed E-state index contributed by atoms with van der Waals surface area (Å²) in [5, 5.41) is 23.4. The number of benzene rings is 1. The van der Waals surface area contributed by atoms with Gasteiger partial charge in [0.25, 0.3) is 5.92 Å². The second kappa shape index (κ2) is 9.59. The number of β-amino-alcohol motifs (C(OH)–C–C–N with tert-alkyl or cyclic N) is 1. The van der Waals surface area contributed by atoms with E-state index in [1.807, 2.05) is 0 Å². The van der Waals surface area contributed by atoms with Crippen molar-refractivity contribution in [2.75, 3.05) is 23.3 Å². The Morgan fingerprint density at radius 1 is 1.30 bits per heavy atom. The molecular weight excluding hydrogens is 506 g/mol. The molecule has 0 bridgehead atoms. The summed E-state index contributed by atoms with van der Waals surface area (Å²) >= 11 is 6.41. The normalized spacial score (nSPS) is 19.7. The first-order valence-corrected chi connectivity index (χ1v) is 12.2. The summed E-state index contributed by atoms with van der Waals surface area (Å²) in [5.74, 6) is -4.05. The molecule has 2 unspecified atom stereocenters. The van der Waals surface area contributed by atoms with Crippen molar-refractivity contribution >= 4 is 45.6 Å². The first-order chi connectivity index (χ1) is 17.2. The van der Waals surface area contributed by atoms with Crippen LogP contribution in [0.5, 0.6) is 0 Å². The molecule has 1 aliphatic heterocycles. The maximum Gasteiger partial charge on any atom is 0.328 e. The van der Waals surface area contributed by atoms with E-state index in [2.05, 4.69) is 15.1 Å². The van der Waals surface area contributed by atoms with Crippen LogP contribution in [0.1, 0.15) is 27.2 Å². The van der Waals surface area contributed by atoms with E-state index in [-0.39, 0.29) is 41.1 Å². The van der Waals surface area contributed by atoms with Crippen molar-refractivity contribution in [1.29, 1.82) is 0 Å². The zero-order valence-corrected chi connectivity index (χ0v) is 21.7. The molecule has 1 aliphatic rings. The molecule has 2 aromatic heterocycles. The summed E-state index contributed by atoms with van der Waals surface area (Å²) < 4.78 is 31.5. The van der Waals surface area contributed by atoms with Gasteiger partial charge in [0.1, 0.15) is 17.7 Å². The van der Waals surface area contributed by atoms with Gasteiger partial charge in [-0.15, -0.1) is 0 Å². The second-order valence-corrected chi connectivity index (χ2v) is 10.6. The van der Waals surface area contributed by atoms with Gasteiger partial charge in [-0.05, 0) is 44.5 Å². The van der Waals surface area contributed by atoms with Crippen LogP contribution in [0.25, 0.3) is 15.9 Å². The maximum absolute atomic E-state index is 14.2. The van der Waals surface area contributed by atoms with Crippen molar-refractivity contribution in [1.82, 2.24) is 14.1 Å². The predicted octanol–water partition coefficient (Wildman–Crippen LogP) is 4.30. The van der Waals surface area contributed by atoms with Crippen molar-refractivity contribution in [3.05, 3.63) is 51.2 Å². The molecule has 4 rings (SSSR count). The van der Waals surface area contributed by atoms with E-state index in [4.69, 9.17) is 18.2 Å². The average Bonchev–Trinajstić information content (AvgIpc) is 3.05. The number of nitrogens with one attached hydrogen (secondary N) is 1. The molecule has 0 aliphatic carbocycles. The lowest BCUT2D eigenvalue weighted by Gasteiger charge is -2.41. The van der Waals surface area contributed by atoms with Gasteiger partial charge in [0.05, 0.1) is 34.8 Å². The van der Waals surface area contributed by atoms with Crippen LogP contribution in [0.3, 0.4) is 0 Å². The number of alkyl halides is 2. The van der Waals surface area contributed by atoms with Gasteiger partial charge in [-0.1, -0.05) is 18.5 Å². The standard InChI is InChI=1S/C25H29ClF2N6O3/c1-14-12-33(13-20(35)25(14,27)28)22-17(29-4)11-16(26)21(31-22)30-15-6-7-18-19(10-15)34(23(36)32(18)5)9-8-24(2,3)37/h6-7,10-11,14,20,35,37H,8-9,12-13H2,1-3,5H3,(H,30,31). The largest absolute Gasteiger partial charge is 0.390 e. The SMILES string of the molecule is [C-]#[N+]c1cc(Cl)c(Nc2ccc3c(c2)n(CCC(C)(C)O)c(=O)n3C)nc1N1CC(C)C(F)(F)C(O)C1. The third kappa shape index (κ3) is 5.14. The number of halogens is 3. The van der Waals surface area contributed by atoms with Crippen molar-refractivity contribution in [2.24, 2.45) is 13.0 Å². The summed E-state index contributed by atoms with van der Waals surface area (Å²) in [4.78, 5) is 22.2. The number of hydrogen-bond donors (Lipinski definition) is 3. The molecule has 12 heteroatoms. The van der Waals surface area contributed by atoms with Crippen LogP contribution in [-0.4, -0.2) is 55.0 Å². The minimum absolute atomic E-state index is 0.0825. The molecule has 0 amide bonds. The highest BCUT2D eigenvalue weighted by Crippen LogP contribution is 2.40. The molecule has 0 radical (unpaired) electrons. The fourth-order valence-electron chi connectivity index (χ4n) is 4.46. The van der Waals surface area contributed by atoms with Crippen LogP contribution in [-0.2, 0) is 13.6 Å². The van der Waals surface area contributed by atoms with Gasteiger partial charge >= 0.3 is 5.69 Å². The smallest absolute Gasteiger partial charge is 0.328 e. The van der Waals surface area contributed by atoms with Crippen LogP contribution in [0.4, 0.5) is 31.8 Å². The quantitative estimate of drug-likeness (QED) is 0.408. The van der Waals surface area contributed by atoms with E-state index in [0.29, 0.717) is 29.7 Å². The highest BCUT2D eigenvalue weighted by Gasteiger charge is 2.49. The number of piperidine rings is 1. The number of anilines is 3. The molecule has 198 valence electrons. The monoisotopic (exact) mass is 534 g/mol. The van der Waals surface area contributed by atoms with Crippen molar-refractivity contribution in [3.63, 3.8) is 0 Å². The van der Waals surface area contributed by atoms with Gasteiger partial charge in [-0.3, -0.25) is 9.13 Å². The fraction of sp³-hybridized carbons (Fsp3) is 0.480. The number of aromatic nitrogens is 3. The summed E-state index contributed by atoms with van der Waals surface area (Å²) in [6.45, 7) is 12.0. The summed E-state index contributed by atoms with van der Waals surface area (Å²) in [7, 11) is 1.67. The van der Waals surface area contributed by atoms with Crippen LogP contribution >= 0.6 is 11.6 Å². The maximum atomic E-state index is 14.2. The van der Waals surface area contributed by atoms with Crippen molar-refractivity contribution < 1.29 is 19.0 Å². The molecule has 3 N–H and O–H groups in total. The third-order valence-corrected chi connectivity index (χ3v) is 6.99. The summed E-state index contributed by atoms with van der Waals surface area (Å²) in [6.07, 6.45) is -1.53. The Morgan fingerprint density at radius 3 is 2.62 bits per heavy atom. The van der Waals surface area contributed by atoms with E-state index in [1.54, 1.807) is 43.7 Å². The molecule has 1 saturated heterocycles. The van der Waals surface area contributed by atoms with Crippen LogP contribution in [0, 0.1) is 12.5 Å². The van der Waals surface area contributed by atoms with E-state index >= 15 is 0 Å². The van der Waals surface area contributed by atoms with Crippen molar-refractivity contribution in [2.45, 2.75) is 51.4 Å². The molecule has 3 aromatic rings. The lowest BCUT2D eigenvalue weighted by Crippen LogP contribution is -2.56. The first kappa shape index (κ1) is 26.9. The molecule has 0 saturated carbocycles. The molecule has 3 heterocycles. The Labute approximate surface area is 217 Å². The Kier molecular flexibility index (Phi) is 6.96. The number of imidazole rings is 1. The number of fused-ring (bicyclic) bond motifs is 1. The number of aliphatic hydroxyl groups excluding tert-OH is 1. The number of aryl methyl sites for hydroxylation is 2. The van der Waals surface area contributed by atoms with Crippen molar-refractivity contribution in [3.8, 4) is 0 Å². The van der Waals surface area contributed by atoms with Crippen LogP contribution in [0.15, 0.2) is 29.1 Å². The Hall–Kier alpha value is -3.20. The van der Waals surface area contributed by atoms with E-state index in [9.17, 15) is 23.8 Å². The summed E-state index contributed by atoms with van der Waals surface area (Å²) in [6, 6.07) is 6.68. The minimum Gasteiger partial charge on any atom is -0.390 e. The zero-order valence-electron chi connectivity index (χ0n) is 21.0. The van der Waals surface area contributed by atoms with Gasteiger partial charge in [0.15, 0.2) is 0 Å². The Morgan fingerprint density at radius 2 is 2.00 bits per heavy atom. The first-order valence-electron chi connectivity index (χ1n) is 11.8. The van der Waals surface area contributed by atoms with Gasteiger partial charge in [0.2, 0.25) is 5.69 Å². The summed E-state index contributed by atoms with van der Waals surface area (Å²) in [5.41, 5.74) is 0.826. The van der Waals surface area contributed by atoms with E-state index in [1.165, 1.54) is 22.5 Å². The van der Waals surface area contributed by atoms with Crippen LogP contribution in [0.2, 0.25) is 5.02 Å². The molecule has 0 spiro atoms. The number of nitrogens with zero attached hydrogens (tertiary/aromatic N) is 5. The predicted molar refractivity (Wildman–Crippen MR) is 139 cm³/mol. The third-order valence-electron chi connectivity index (χ3n) is 6.70. The lowest BCUT2D eigenvalue weighted by atomic mass is 9.93. The second-order valence-electron chi connectivity index (χ2n) is 10.2. The molecule has 1 fully saturated rings. The van der Waals surface area contributed by atoms with E-state index in [0.717, 1.165) is 0 Å². The molecular formula is C25H29ClF2N6O3. The van der Waals surface area contributed by atoms with Crippen LogP contribution < -0.4 is 15.9 Å². The number of hydrogen-bond acceptors (Lipinski definition) is 6. The Balaban J connectivity index is 1.70. The lowest BCUT2D eigenvalue weighted by molar-refractivity contribution is -0.149. The van der Waals surface area contributed by atoms with Gasteiger partial charge in [-0.25, -0.2) is 23.4 Å². The molecule has 2 atom stereocenters. The van der Waals surface area contributed by atoms with Gasteiger partial charge < -0.3 is 20.4 Å². The van der Waals surface area contributed by atoms with Gasteiger partial charge in [0, 0.05) is 31.7 Å². The average molecular weight is 535 g/mol. The highest BCUT2D eigenvalue weighted by atomic mass is 35.5. The topological polar surface area (TPSA) is 99.9 Å². The fourth-order valence-corrected chi connectivity index (χ4v) is 4.65. The zero-order chi connectivity index (χ0) is 27.3. The molecule has 9 nitrogen and oxygen atoms in total.